The minimum atomic E-state index is 0.793. The molecule has 1 heteroatoms. The number of benzene rings is 1. The lowest BCUT2D eigenvalue weighted by molar-refractivity contribution is 0.429. The number of rotatable bonds is 9. The molecule has 0 aliphatic heterocycles. The van der Waals surface area contributed by atoms with Gasteiger partial charge in [-0.05, 0) is 51.0 Å². The van der Waals surface area contributed by atoms with Crippen molar-refractivity contribution in [3.63, 3.8) is 0 Å². The monoisotopic (exact) mass is 271 g/mol. The molecule has 1 unspecified atom stereocenters. The molecule has 20 heavy (non-hydrogen) atoms. The van der Waals surface area contributed by atoms with Crippen molar-refractivity contribution in [1.29, 1.82) is 0 Å². The van der Waals surface area contributed by atoms with Gasteiger partial charge < -0.3 is 0 Å². The Morgan fingerprint density at radius 1 is 1.15 bits per heavy atom. The summed E-state index contributed by atoms with van der Waals surface area (Å²) in [4.78, 5) is 4.43. The summed E-state index contributed by atoms with van der Waals surface area (Å²) < 4.78 is 0. The first-order valence-electron chi connectivity index (χ1n) is 7.85. The van der Waals surface area contributed by atoms with E-state index in [-0.39, 0.29) is 0 Å². The minimum absolute atomic E-state index is 0.793. The molecule has 1 rings (SSSR count). The van der Waals surface area contributed by atoms with E-state index in [1.807, 2.05) is 13.8 Å². The Morgan fingerprint density at radius 3 is 2.45 bits per heavy atom. The van der Waals surface area contributed by atoms with Gasteiger partial charge in [-0.25, -0.2) is 0 Å². The Balaban J connectivity index is 2.39. The molecule has 1 aromatic carbocycles. The van der Waals surface area contributed by atoms with E-state index in [1.54, 1.807) is 0 Å². The standard InChI is InChI=1S/C19H29N/c1-5-10-18(15-19-12-7-6-8-13-19)14-9-11-17(4)20-16(2)3/h6-8,12-13,18H,4-5,9-11,14-15H2,1-3H3. The fourth-order valence-electron chi connectivity index (χ4n) is 2.67. The van der Waals surface area contributed by atoms with E-state index < -0.39 is 0 Å². The molecular formula is C19H29N. The van der Waals surface area contributed by atoms with Crippen LogP contribution in [0.3, 0.4) is 0 Å². The predicted octanol–water partition coefficient (Wildman–Crippen LogP) is 5.81. The molecule has 0 N–H and O–H groups in total. The molecule has 1 aromatic rings. The summed E-state index contributed by atoms with van der Waals surface area (Å²) in [5.74, 6) is 0.793. The summed E-state index contributed by atoms with van der Waals surface area (Å²) in [5, 5.41) is 0. The molecule has 0 radical (unpaired) electrons. The van der Waals surface area contributed by atoms with Crippen LogP contribution >= 0.6 is 0 Å². The maximum Gasteiger partial charge on any atom is 0.0331 e. The summed E-state index contributed by atoms with van der Waals surface area (Å²) in [7, 11) is 0. The number of hydrogen-bond donors (Lipinski definition) is 0. The van der Waals surface area contributed by atoms with Crippen LogP contribution in [-0.4, -0.2) is 5.71 Å². The highest BCUT2D eigenvalue weighted by Gasteiger charge is 2.09. The third-order valence-corrected chi connectivity index (χ3v) is 3.52. The third kappa shape index (κ3) is 7.28. The van der Waals surface area contributed by atoms with Crippen LogP contribution in [0, 0.1) is 5.92 Å². The van der Waals surface area contributed by atoms with E-state index in [0.717, 1.165) is 23.7 Å². The van der Waals surface area contributed by atoms with E-state index >= 15 is 0 Å². The average Bonchev–Trinajstić information content (AvgIpc) is 2.39. The van der Waals surface area contributed by atoms with Gasteiger partial charge in [0.2, 0.25) is 0 Å². The van der Waals surface area contributed by atoms with Crippen molar-refractivity contribution in [3.05, 3.63) is 48.2 Å². The highest BCUT2D eigenvalue weighted by Crippen LogP contribution is 2.21. The van der Waals surface area contributed by atoms with Gasteiger partial charge in [0.1, 0.15) is 0 Å². The molecule has 0 aromatic heterocycles. The van der Waals surface area contributed by atoms with E-state index in [9.17, 15) is 0 Å². The van der Waals surface area contributed by atoms with Crippen LogP contribution in [-0.2, 0) is 6.42 Å². The molecule has 0 heterocycles. The lowest BCUT2D eigenvalue weighted by atomic mass is 9.90. The molecule has 0 amide bonds. The van der Waals surface area contributed by atoms with E-state index in [1.165, 1.54) is 37.7 Å². The zero-order chi connectivity index (χ0) is 14.8. The maximum absolute atomic E-state index is 4.43. The Labute approximate surface area is 124 Å². The van der Waals surface area contributed by atoms with Crippen LogP contribution in [0.15, 0.2) is 47.6 Å². The first-order chi connectivity index (χ1) is 9.61. The summed E-state index contributed by atoms with van der Waals surface area (Å²) in [6, 6.07) is 10.9. The van der Waals surface area contributed by atoms with Gasteiger partial charge in [-0.3, -0.25) is 4.99 Å². The van der Waals surface area contributed by atoms with Crippen LogP contribution in [0.1, 0.15) is 58.4 Å². The van der Waals surface area contributed by atoms with Crippen molar-refractivity contribution in [2.24, 2.45) is 10.9 Å². The number of aliphatic imine (C=N–C) groups is 1. The average molecular weight is 271 g/mol. The maximum atomic E-state index is 4.43. The van der Waals surface area contributed by atoms with Gasteiger partial charge in [0.15, 0.2) is 0 Å². The molecule has 1 atom stereocenters. The second-order valence-corrected chi connectivity index (χ2v) is 5.86. The van der Waals surface area contributed by atoms with Crippen LogP contribution in [0.5, 0.6) is 0 Å². The first kappa shape index (κ1) is 16.7. The second-order valence-electron chi connectivity index (χ2n) is 5.86. The minimum Gasteiger partial charge on any atom is -0.263 e. The number of allylic oxidation sites excluding steroid dienone is 1. The summed E-state index contributed by atoms with van der Waals surface area (Å²) in [6.45, 7) is 10.4. The summed E-state index contributed by atoms with van der Waals surface area (Å²) in [5.41, 5.74) is 3.59. The van der Waals surface area contributed by atoms with E-state index in [0.29, 0.717) is 0 Å². The molecule has 110 valence electrons. The van der Waals surface area contributed by atoms with E-state index in [4.69, 9.17) is 0 Å². The molecule has 0 bridgehead atoms. The van der Waals surface area contributed by atoms with Gasteiger partial charge in [0, 0.05) is 11.4 Å². The van der Waals surface area contributed by atoms with Crippen molar-refractivity contribution in [1.82, 2.24) is 0 Å². The van der Waals surface area contributed by atoms with Gasteiger partial charge in [-0.1, -0.05) is 56.7 Å². The van der Waals surface area contributed by atoms with E-state index in [2.05, 4.69) is 48.8 Å². The normalized spacial score (nSPS) is 11.9. The van der Waals surface area contributed by atoms with Gasteiger partial charge in [0.25, 0.3) is 0 Å². The first-order valence-corrected chi connectivity index (χ1v) is 7.85. The molecule has 0 fully saturated rings. The summed E-state index contributed by atoms with van der Waals surface area (Å²) in [6.07, 6.45) is 7.30. The smallest absolute Gasteiger partial charge is 0.0331 e. The Kier molecular flexibility index (Phi) is 7.94. The van der Waals surface area contributed by atoms with Gasteiger partial charge in [0.05, 0.1) is 0 Å². The fourth-order valence-corrected chi connectivity index (χ4v) is 2.67. The lowest BCUT2D eigenvalue weighted by Crippen LogP contribution is -2.04. The zero-order valence-electron chi connectivity index (χ0n) is 13.4. The van der Waals surface area contributed by atoms with Gasteiger partial charge in [-0.15, -0.1) is 0 Å². The van der Waals surface area contributed by atoms with Crippen LogP contribution < -0.4 is 0 Å². The van der Waals surface area contributed by atoms with Crippen LogP contribution in [0.2, 0.25) is 0 Å². The molecule has 0 spiro atoms. The Morgan fingerprint density at radius 2 is 1.85 bits per heavy atom. The van der Waals surface area contributed by atoms with Crippen LogP contribution in [0.4, 0.5) is 0 Å². The van der Waals surface area contributed by atoms with Crippen molar-refractivity contribution < 1.29 is 0 Å². The zero-order valence-corrected chi connectivity index (χ0v) is 13.4. The highest BCUT2D eigenvalue weighted by atomic mass is 14.7. The topological polar surface area (TPSA) is 12.4 Å². The summed E-state index contributed by atoms with van der Waals surface area (Å²) >= 11 is 0. The van der Waals surface area contributed by atoms with Crippen molar-refractivity contribution in [2.45, 2.75) is 59.3 Å². The third-order valence-electron chi connectivity index (χ3n) is 3.52. The molecule has 0 saturated carbocycles. The van der Waals surface area contributed by atoms with Crippen LogP contribution in [0.25, 0.3) is 0 Å². The van der Waals surface area contributed by atoms with Crippen molar-refractivity contribution in [3.8, 4) is 0 Å². The predicted molar refractivity (Wildman–Crippen MR) is 90.3 cm³/mol. The molecular weight excluding hydrogens is 242 g/mol. The fraction of sp³-hybridized carbons (Fsp3) is 0.526. The highest BCUT2D eigenvalue weighted by molar-refractivity contribution is 5.80. The molecule has 0 aliphatic carbocycles. The Hall–Kier alpha value is -1.37. The molecule has 1 nitrogen and oxygen atoms in total. The molecule has 0 aliphatic rings. The van der Waals surface area contributed by atoms with Gasteiger partial charge >= 0.3 is 0 Å². The SMILES string of the molecule is C=C(CCCC(CCC)Cc1ccccc1)N=C(C)C. The Bertz CT molecular complexity index is 413. The molecule has 0 saturated heterocycles. The van der Waals surface area contributed by atoms with Crippen molar-refractivity contribution in [2.75, 3.05) is 0 Å². The number of nitrogens with zero attached hydrogens (tertiary/aromatic N) is 1. The number of hydrogen-bond acceptors (Lipinski definition) is 1. The van der Waals surface area contributed by atoms with Crippen molar-refractivity contribution >= 4 is 5.71 Å². The second kappa shape index (κ2) is 9.52. The quantitative estimate of drug-likeness (QED) is 0.502. The largest absolute Gasteiger partial charge is 0.263 e. The van der Waals surface area contributed by atoms with Gasteiger partial charge in [-0.2, -0.15) is 0 Å². The lowest BCUT2D eigenvalue weighted by Gasteiger charge is -2.16.